The van der Waals surface area contributed by atoms with Crippen molar-refractivity contribution >= 4 is 11.8 Å². The summed E-state index contributed by atoms with van der Waals surface area (Å²) in [6, 6.07) is 7.35. The van der Waals surface area contributed by atoms with Crippen molar-refractivity contribution in [2.24, 2.45) is 5.92 Å². The number of nitrogens with zero attached hydrogens (tertiary/aromatic N) is 1. The van der Waals surface area contributed by atoms with Crippen LogP contribution in [-0.2, 0) is 20.8 Å². The first-order valence-corrected chi connectivity index (χ1v) is 9.08. The molecule has 2 aliphatic rings. The minimum Gasteiger partial charge on any atom is -0.348 e. The van der Waals surface area contributed by atoms with Crippen molar-refractivity contribution < 1.29 is 19.1 Å². The Morgan fingerprint density at radius 3 is 2.65 bits per heavy atom. The van der Waals surface area contributed by atoms with Gasteiger partial charge in [0, 0.05) is 31.1 Å². The summed E-state index contributed by atoms with van der Waals surface area (Å²) in [5.74, 6) is -0.574. The predicted molar refractivity (Wildman–Crippen MR) is 97.4 cm³/mol. The quantitative estimate of drug-likeness (QED) is 0.819. The number of carbonyl (C=O) groups excluding carboxylic acids is 2. The van der Waals surface area contributed by atoms with E-state index in [4.69, 9.17) is 9.47 Å². The van der Waals surface area contributed by atoms with Gasteiger partial charge in [0.2, 0.25) is 5.91 Å². The highest BCUT2D eigenvalue weighted by Gasteiger charge is 2.42. The van der Waals surface area contributed by atoms with E-state index < -0.39 is 5.79 Å². The third-order valence-corrected chi connectivity index (χ3v) is 5.16. The van der Waals surface area contributed by atoms with E-state index in [1.807, 2.05) is 36.1 Å². The summed E-state index contributed by atoms with van der Waals surface area (Å²) in [5.41, 5.74) is 1.59. The summed E-state index contributed by atoms with van der Waals surface area (Å²) in [4.78, 5) is 26.0. The molecular formula is C20H26N2O4. The number of likely N-dealkylation sites (tertiary alicyclic amines) is 1. The molecule has 3 rings (SSSR count). The molecule has 0 bridgehead atoms. The minimum atomic E-state index is -0.577. The Balaban J connectivity index is 1.61. The van der Waals surface area contributed by atoms with Gasteiger partial charge in [0.1, 0.15) is 0 Å². The van der Waals surface area contributed by atoms with E-state index in [2.05, 4.69) is 11.9 Å². The van der Waals surface area contributed by atoms with Crippen molar-refractivity contribution in [2.45, 2.75) is 32.1 Å². The van der Waals surface area contributed by atoms with Crippen molar-refractivity contribution in [1.29, 1.82) is 0 Å². The van der Waals surface area contributed by atoms with Crippen LogP contribution in [0.2, 0.25) is 0 Å². The molecule has 1 aromatic carbocycles. The van der Waals surface area contributed by atoms with Gasteiger partial charge in [-0.3, -0.25) is 9.59 Å². The van der Waals surface area contributed by atoms with Crippen LogP contribution in [0.1, 0.15) is 35.7 Å². The molecule has 6 nitrogen and oxygen atoms in total. The molecule has 1 atom stereocenters. The molecule has 2 saturated heterocycles. The van der Waals surface area contributed by atoms with Crippen molar-refractivity contribution in [3.8, 4) is 0 Å². The maximum absolute atomic E-state index is 12.8. The third-order valence-electron chi connectivity index (χ3n) is 5.16. The lowest BCUT2D eigenvalue weighted by Crippen LogP contribution is -2.48. The number of nitrogens with one attached hydrogen (secondary N) is 1. The van der Waals surface area contributed by atoms with Gasteiger partial charge in [-0.05, 0) is 43.5 Å². The van der Waals surface area contributed by atoms with Crippen LogP contribution in [0, 0.1) is 5.92 Å². The molecule has 26 heavy (non-hydrogen) atoms. The lowest BCUT2D eigenvalue weighted by atomic mass is 9.90. The molecule has 2 fully saturated rings. The van der Waals surface area contributed by atoms with Crippen molar-refractivity contribution in [3.05, 3.63) is 48.0 Å². The number of rotatable bonds is 5. The van der Waals surface area contributed by atoms with E-state index >= 15 is 0 Å². The second-order valence-corrected chi connectivity index (χ2v) is 6.92. The molecule has 1 N–H and O–H groups in total. The number of amides is 2. The number of hydrogen-bond donors (Lipinski definition) is 1. The first-order chi connectivity index (χ1) is 12.5. The Morgan fingerprint density at radius 1 is 1.31 bits per heavy atom. The molecule has 0 aliphatic carbocycles. The van der Waals surface area contributed by atoms with Crippen molar-refractivity contribution in [3.63, 3.8) is 0 Å². The molecular weight excluding hydrogens is 332 g/mol. The number of hydrogen-bond acceptors (Lipinski definition) is 4. The lowest BCUT2D eigenvalue weighted by molar-refractivity contribution is -0.189. The maximum atomic E-state index is 12.8. The molecule has 0 aromatic heterocycles. The van der Waals surface area contributed by atoms with E-state index in [9.17, 15) is 9.59 Å². The van der Waals surface area contributed by atoms with Gasteiger partial charge in [0.05, 0.1) is 13.2 Å². The van der Waals surface area contributed by atoms with Gasteiger partial charge in [0.25, 0.3) is 5.91 Å². The average Bonchev–Trinajstić information content (AvgIpc) is 3.14. The third kappa shape index (κ3) is 4.14. The molecule has 0 saturated carbocycles. The summed E-state index contributed by atoms with van der Waals surface area (Å²) in [5, 5.41) is 2.72. The first kappa shape index (κ1) is 18.6. The van der Waals surface area contributed by atoms with Crippen LogP contribution in [0.3, 0.4) is 0 Å². The SMILES string of the molecule is C=CC(=O)NCc1ccc(C(=O)N2CCCC(C3(C)OCCO3)C2)cc1. The highest BCUT2D eigenvalue weighted by Crippen LogP contribution is 2.34. The van der Waals surface area contributed by atoms with Crippen LogP contribution in [0.5, 0.6) is 0 Å². The minimum absolute atomic E-state index is 0.0259. The van der Waals surface area contributed by atoms with Crippen LogP contribution in [0.25, 0.3) is 0 Å². The van der Waals surface area contributed by atoms with Crippen molar-refractivity contribution in [1.82, 2.24) is 10.2 Å². The molecule has 6 heteroatoms. The van der Waals surface area contributed by atoms with Gasteiger partial charge in [-0.1, -0.05) is 18.7 Å². The van der Waals surface area contributed by atoms with Gasteiger partial charge >= 0.3 is 0 Å². The van der Waals surface area contributed by atoms with Gasteiger partial charge in [-0.25, -0.2) is 0 Å². The largest absolute Gasteiger partial charge is 0.348 e. The predicted octanol–water partition coefficient (Wildman–Crippen LogP) is 2.10. The molecule has 140 valence electrons. The van der Waals surface area contributed by atoms with Gasteiger partial charge in [0.15, 0.2) is 5.79 Å². The fourth-order valence-corrected chi connectivity index (χ4v) is 3.56. The zero-order valence-electron chi connectivity index (χ0n) is 15.2. The summed E-state index contributed by atoms with van der Waals surface area (Å²) in [7, 11) is 0. The summed E-state index contributed by atoms with van der Waals surface area (Å²) >= 11 is 0. The van der Waals surface area contributed by atoms with Crippen LogP contribution in [-0.4, -0.2) is 48.8 Å². The Morgan fingerprint density at radius 2 is 2.00 bits per heavy atom. The molecule has 1 unspecified atom stereocenters. The molecule has 2 aliphatic heterocycles. The van der Waals surface area contributed by atoms with Gasteiger partial charge in [-0.15, -0.1) is 0 Å². The number of ether oxygens (including phenoxy) is 2. The van der Waals surface area contributed by atoms with Crippen LogP contribution >= 0.6 is 0 Å². The first-order valence-electron chi connectivity index (χ1n) is 9.08. The zero-order chi connectivity index (χ0) is 18.6. The second kappa shape index (κ2) is 8.01. The highest BCUT2D eigenvalue weighted by molar-refractivity contribution is 5.94. The Bertz CT molecular complexity index is 665. The van der Waals surface area contributed by atoms with Crippen LogP contribution in [0.15, 0.2) is 36.9 Å². The molecule has 0 radical (unpaired) electrons. The number of carbonyl (C=O) groups is 2. The second-order valence-electron chi connectivity index (χ2n) is 6.92. The van der Waals surface area contributed by atoms with Crippen LogP contribution < -0.4 is 5.32 Å². The van der Waals surface area contributed by atoms with Gasteiger partial charge < -0.3 is 19.7 Å². The fraction of sp³-hybridized carbons (Fsp3) is 0.500. The Hall–Kier alpha value is -2.18. The van der Waals surface area contributed by atoms with Gasteiger partial charge in [-0.2, -0.15) is 0 Å². The lowest BCUT2D eigenvalue weighted by Gasteiger charge is -2.40. The average molecular weight is 358 g/mol. The monoisotopic (exact) mass is 358 g/mol. The van der Waals surface area contributed by atoms with E-state index in [1.54, 1.807) is 0 Å². The molecule has 0 spiro atoms. The highest BCUT2D eigenvalue weighted by atomic mass is 16.7. The summed E-state index contributed by atoms with van der Waals surface area (Å²) in [6.07, 6.45) is 3.19. The smallest absolute Gasteiger partial charge is 0.253 e. The van der Waals surface area contributed by atoms with E-state index in [0.29, 0.717) is 31.9 Å². The molecule has 2 amide bonds. The fourth-order valence-electron chi connectivity index (χ4n) is 3.56. The Labute approximate surface area is 154 Å². The van der Waals surface area contributed by atoms with E-state index in [1.165, 1.54) is 6.08 Å². The molecule has 2 heterocycles. The topological polar surface area (TPSA) is 67.9 Å². The number of piperidine rings is 1. The van der Waals surface area contributed by atoms with E-state index in [0.717, 1.165) is 24.9 Å². The zero-order valence-corrected chi connectivity index (χ0v) is 15.2. The number of benzene rings is 1. The summed E-state index contributed by atoms with van der Waals surface area (Å²) < 4.78 is 11.6. The Kier molecular flexibility index (Phi) is 5.74. The standard InChI is InChI=1S/C20H26N2O4/c1-3-18(23)21-13-15-6-8-16(9-7-15)19(24)22-10-4-5-17(14-22)20(2)25-11-12-26-20/h3,6-9,17H,1,4-5,10-14H2,2H3,(H,21,23). The maximum Gasteiger partial charge on any atom is 0.253 e. The molecule has 1 aromatic rings. The van der Waals surface area contributed by atoms with Crippen molar-refractivity contribution in [2.75, 3.05) is 26.3 Å². The van der Waals surface area contributed by atoms with Crippen LogP contribution in [0.4, 0.5) is 0 Å². The van der Waals surface area contributed by atoms with E-state index in [-0.39, 0.29) is 17.7 Å². The normalized spacial score (nSPS) is 22.0. The summed E-state index contributed by atoms with van der Waals surface area (Å²) in [6.45, 7) is 8.44.